The molecule has 2 aromatic heterocycles. The zero-order valence-corrected chi connectivity index (χ0v) is 13.4. The highest BCUT2D eigenvalue weighted by atomic mass is 19.1. The molecule has 122 valence electrons. The molecule has 0 aromatic carbocycles. The normalized spacial score (nSPS) is 21.5. The minimum absolute atomic E-state index is 0.0296. The number of aromatic nitrogens is 3. The van der Waals surface area contributed by atoms with Crippen LogP contribution in [0.25, 0.3) is 11.3 Å². The first-order chi connectivity index (χ1) is 11.0. The van der Waals surface area contributed by atoms with Gasteiger partial charge >= 0.3 is 0 Å². The number of halogens is 1. The fourth-order valence-corrected chi connectivity index (χ4v) is 2.72. The second-order valence-electron chi connectivity index (χ2n) is 5.70. The molecule has 1 aliphatic heterocycles. The van der Waals surface area contributed by atoms with Crippen LogP contribution in [0.5, 0.6) is 0 Å². The van der Waals surface area contributed by atoms with Gasteiger partial charge in [-0.1, -0.05) is 0 Å². The van der Waals surface area contributed by atoms with Gasteiger partial charge in [-0.15, -0.1) is 0 Å². The van der Waals surface area contributed by atoms with Crippen molar-refractivity contribution < 1.29 is 9.13 Å². The maximum atomic E-state index is 14.0. The molecule has 0 spiro atoms. The van der Waals surface area contributed by atoms with E-state index < -0.39 is 5.82 Å². The molecule has 23 heavy (non-hydrogen) atoms. The van der Waals surface area contributed by atoms with Gasteiger partial charge in [0.2, 0.25) is 5.95 Å². The number of hydrogen-bond donors (Lipinski definition) is 0. The summed E-state index contributed by atoms with van der Waals surface area (Å²) in [6.07, 6.45) is 2.63. The van der Waals surface area contributed by atoms with Gasteiger partial charge in [-0.2, -0.15) is 0 Å². The Balaban J connectivity index is 2.11. The van der Waals surface area contributed by atoms with Gasteiger partial charge in [-0.25, -0.2) is 9.37 Å². The minimum Gasteiger partial charge on any atom is -0.375 e. The fraction of sp³-hybridized carbons (Fsp3) is 0.438. The van der Waals surface area contributed by atoms with Gasteiger partial charge in [-0.3, -0.25) is 14.3 Å². The molecule has 1 fully saturated rings. The third-order valence-electron chi connectivity index (χ3n) is 4.30. The van der Waals surface area contributed by atoms with Crippen molar-refractivity contribution in [2.75, 3.05) is 18.1 Å². The number of ether oxygens (including phenoxy) is 1. The molecule has 3 heterocycles. The second-order valence-corrected chi connectivity index (χ2v) is 5.70. The molecule has 0 unspecified atom stereocenters. The Bertz CT molecular complexity index is 777. The van der Waals surface area contributed by atoms with Crippen LogP contribution < -0.4 is 10.5 Å². The Morgan fingerprint density at radius 3 is 2.91 bits per heavy atom. The van der Waals surface area contributed by atoms with E-state index in [1.807, 2.05) is 18.7 Å². The van der Waals surface area contributed by atoms with Crippen LogP contribution in [0.4, 0.5) is 10.3 Å². The molecule has 3 rings (SSSR count). The molecule has 6 nitrogen and oxygen atoms in total. The van der Waals surface area contributed by atoms with Crippen LogP contribution in [-0.4, -0.2) is 39.8 Å². The third kappa shape index (κ3) is 2.84. The van der Waals surface area contributed by atoms with Crippen LogP contribution in [0, 0.1) is 5.82 Å². The van der Waals surface area contributed by atoms with Crippen molar-refractivity contribution in [3.8, 4) is 11.3 Å². The zero-order chi connectivity index (χ0) is 16.6. The topological polar surface area (TPSA) is 60.2 Å². The highest BCUT2D eigenvalue weighted by molar-refractivity contribution is 5.60. The lowest BCUT2D eigenvalue weighted by molar-refractivity contribution is 0.0274. The maximum absolute atomic E-state index is 14.0. The van der Waals surface area contributed by atoms with Crippen molar-refractivity contribution in [1.82, 2.24) is 14.5 Å². The quantitative estimate of drug-likeness (QED) is 0.842. The van der Waals surface area contributed by atoms with Gasteiger partial charge in [0.05, 0.1) is 30.6 Å². The molecule has 0 amide bonds. The zero-order valence-electron chi connectivity index (χ0n) is 13.4. The Labute approximate surface area is 133 Å². The van der Waals surface area contributed by atoms with Crippen LogP contribution in [0.15, 0.2) is 29.3 Å². The lowest BCUT2D eigenvalue weighted by Crippen LogP contribution is -2.50. The van der Waals surface area contributed by atoms with Crippen LogP contribution in [0.1, 0.15) is 13.8 Å². The van der Waals surface area contributed by atoms with Crippen LogP contribution >= 0.6 is 0 Å². The summed E-state index contributed by atoms with van der Waals surface area (Å²) < 4.78 is 21.1. The first-order valence-electron chi connectivity index (χ1n) is 7.55. The molecule has 2 atom stereocenters. The van der Waals surface area contributed by atoms with Crippen molar-refractivity contribution in [3.63, 3.8) is 0 Å². The van der Waals surface area contributed by atoms with Gasteiger partial charge in [0, 0.05) is 31.4 Å². The highest BCUT2D eigenvalue weighted by Gasteiger charge is 2.28. The van der Waals surface area contributed by atoms with E-state index in [0.717, 1.165) is 6.20 Å². The van der Waals surface area contributed by atoms with E-state index >= 15 is 0 Å². The molecule has 0 N–H and O–H groups in total. The average molecular weight is 318 g/mol. The van der Waals surface area contributed by atoms with E-state index in [1.54, 1.807) is 7.05 Å². The Morgan fingerprint density at radius 2 is 2.17 bits per heavy atom. The van der Waals surface area contributed by atoms with Crippen molar-refractivity contribution in [1.29, 1.82) is 0 Å². The summed E-state index contributed by atoms with van der Waals surface area (Å²) >= 11 is 0. The molecular formula is C16H19FN4O2. The Morgan fingerprint density at radius 1 is 1.39 bits per heavy atom. The summed E-state index contributed by atoms with van der Waals surface area (Å²) in [6.45, 7) is 5.21. The Hall–Kier alpha value is -2.28. The lowest BCUT2D eigenvalue weighted by Gasteiger charge is -2.39. The highest BCUT2D eigenvalue weighted by Crippen LogP contribution is 2.24. The summed E-state index contributed by atoms with van der Waals surface area (Å²) in [6, 6.07) is 2.93. The maximum Gasteiger partial charge on any atom is 0.255 e. The molecule has 2 aromatic rings. The van der Waals surface area contributed by atoms with Crippen LogP contribution in [0.3, 0.4) is 0 Å². The second kappa shape index (κ2) is 6.08. The summed E-state index contributed by atoms with van der Waals surface area (Å²) in [5.41, 5.74) is 0.356. The molecule has 0 aliphatic carbocycles. The lowest BCUT2D eigenvalue weighted by atomic mass is 10.1. The predicted octanol–water partition coefficient (Wildman–Crippen LogP) is 1.59. The molecule has 1 aliphatic rings. The molecule has 0 saturated carbocycles. The summed E-state index contributed by atoms with van der Waals surface area (Å²) in [4.78, 5) is 22.6. The average Bonchev–Trinajstić information content (AvgIpc) is 2.53. The summed E-state index contributed by atoms with van der Waals surface area (Å²) in [7, 11) is 1.67. The van der Waals surface area contributed by atoms with E-state index in [-0.39, 0.29) is 23.3 Å². The van der Waals surface area contributed by atoms with Gasteiger partial charge in [-0.05, 0) is 19.9 Å². The van der Waals surface area contributed by atoms with Gasteiger partial charge < -0.3 is 9.64 Å². The predicted molar refractivity (Wildman–Crippen MR) is 84.9 cm³/mol. The smallest absolute Gasteiger partial charge is 0.255 e. The molecule has 1 saturated heterocycles. The molecule has 7 heteroatoms. The van der Waals surface area contributed by atoms with E-state index in [1.165, 1.54) is 22.9 Å². The van der Waals surface area contributed by atoms with Crippen molar-refractivity contribution in [2.24, 2.45) is 7.05 Å². The van der Waals surface area contributed by atoms with Crippen molar-refractivity contribution in [3.05, 3.63) is 40.7 Å². The first-order valence-corrected chi connectivity index (χ1v) is 7.55. The number of hydrogen-bond acceptors (Lipinski definition) is 5. The number of rotatable bonds is 2. The molecule has 0 radical (unpaired) electrons. The van der Waals surface area contributed by atoms with Crippen molar-refractivity contribution >= 4 is 5.95 Å². The SMILES string of the molecule is C[C@@H]1[C@@H](C)OCCN1c1nc(-c2ccncc2F)cc(=O)n1C. The largest absolute Gasteiger partial charge is 0.375 e. The molecular weight excluding hydrogens is 299 g/mol. The minimum atomic E-state index is -0.498. The number of nitrogens with zero attached hydrogens (tertiary/aromatic N) is 4. The van der Waals surface area contributed by atoms with E-state index in [4.69, 9.17) is 4.74 Å². The number of morpholine rings is 1. The van der Waals surface area contributed by atoms with Crippen LogP contribution in [0.2, 0.25) is 0 Å². The van der Waals surface area contributed by atoms with Gasteiger partial charge in [0.25, 0.3) is 5.56 Å². The van der Waals surface area contributed by atoms with Gasteiger partial charge in [0.15, 0.2) is 5.82 Å². The van der Waals surface area contributed by atoms with E-state index in [0.29, 0.717) is 24.8 Å². The number of pyridine rings is 1. The van der Waals surface area contributed by atoms with Gasteiger partial charge in [0.1, 0.15) is 0 Å². The molecule has 0 bridgehead atoms. The van der Waals surface area contributed by atoms with Crippen molar-refractivity contribution in [2.45, 2.75) is 26.0 Å². The third-order valence-corrected chi connectivity index (χ3v) is 4.30. The van der Waals surface area contributed by atoms with Crippen LogP contribution in [-0.2, 0) is 11.8 Å². The fourth-order valence-electron chi connectivity index (χ4n) is 2.72. The van der Waals surface area contributed by atoms with E-state index in [2.05, 4.69) is 9.97 Å². The Kier molecular flexibility index (Phi) is 4.12. The summed E-state index contributed by atoms with van der Waals surface area (Å²) in [5, 5.41) is 0. The summed E-state index contributed by atoms with van der Waals surface area (Å²) in [5.74, 6) is 0.0222. The van der Waals surface area contributed by atoms with E-state index in [9.17, 15) is 9.18 Å². The first kappa shape index (κ1) is 15.6. The standard InChI is InChI=1S/C16H19FN4O2/c1-10-11(2)23-7-6-21(10)16-19-14(8-15(22)20(16)3)12-4-5-18-9-13(12)17/h4-5,8-11H,6-7H2,1-3H3/t10-,11-/m1/s1. The number of anilines is 1. The monoisotopic (exact) mass is 318 g/mol.